The lowest BCUT2D eigenvalue weighted by Crippen LogP contribution is -2.44. The average molecular weight is 450 g/mol. The predicted molar refractivity (Wildman–Crippen MR) is 118 cm³/mol. The van der Waals surface area contributed by atoms with Crippen molar-refractivity contribution in [2.24, 2.45) is 0 Å². The number of β-amino-alcohol motifs (C(OH)–C–C–N with tert-alkyl or cyclic N) is 1. The Labute approximate surface area is 190 Å². The van der Waals surface area contributed by atoms with Gasteiger partial charge < -0.3 is 20.1 Å². The molecule has 8 nitrogen and oxygen atoms in total. The van der Waals surface area contributed by atoms with Crippen LogP contribution in [-0.4, -0.2) is 50.5 Å². The molecule has 170 valence electrons. The lowest BCUT2D eigenvalue weighted by atomic mass is 10.1. The summed E-state index contributed by atoms with van der Waals surface area (Å²) < 4.78 is 19.5. The number of amides is 2. The first-order chi connectivity index (χ1) is 15.9. The maximum atomic E-state index is 13.9. The highest BCUT2D eigenvalue weighted by Gasteiger charge is 2.38. The Hall–Kier alpha value is -3.85. The van der Waals surface area contributed by atoms with E-state index < -0.39 is 29.8 Å². The third-order valence-electron chi connectivity index (χ3n) is 5.31. The van der Waals surface area contributed by atoms with E-state index in [1.165, 1.54) is 17.0 Å². The Morgan fingerprint density at radius 2 is 1.94 bits per heavy atom. The van der Waals surface area contributed by atoms with Crippen LogP contribution in [0.2, 0.25) is 0 Å². The van der Waals surface area contributed by atoms with Crippen LogP contribution in [0.15, 0.2) is 60.8 Å². The van der Waals surface area contributed by atoms with E-state index in [2.05, 4.69) is 15.3 Å². The fraction of sp³-hybridized carbons (Fsp3) is 0.250. The van der Waals surface area contributed by atoms with Gasteiger partial charge in [-0.05, 0) is 48.9 Å². The SMILES string of the molecule is Cc1ccnc(Oc2ccc(NC(=O)C3CC(O)CN3C(=O)Cc3ccccc3F)cc2)n1. The lowest BCUT2D eigenvalue weighted by Gasteiger charge is -2.24. The molecule has 1 saturated heterocycles. The summed E-state index contributed by atoms with van der Waals surface area (Å²) in [7, 11) is 0. The molecule has 1 aromatic heterocycles. The number of carbonyl (C=O) groups excluding carboxylic acids is 2. The Kier molecular flexibility index (Phi) is 6.60. The van der Waals surface area contributed by atoms with Crippen molar-refractivity contribution in [2.75, 3.05) is 11.9 Å². The summed E-state index contributed by atoms with van der Waals surface area (Å²) in [4.78, 5) is 35.1. The minimum atomic E-state index is -0.851. The van der Waals surface area contributed by atoms with Crippen LogP contribution in [-0.2, 0) is 16.0 Å². The van der Waals surface area contributed by atoms with E-state index in [1.807, 2.05) is 6.92 Å². The number of nitrogens with one attached hydrogen (secondary N) is 1. The van der Waals surface area contributed by atoms with E-state index in [-0.39, 0.29) is 31.0 Å². The number of aliphatic hydroxyl groups excluding tert-OH is 1. The molecule has 2 heterocycles. The molecular weight excluding hydrogens is 427 g/mol. The largest absolute Gasteiger partial charge is 0.424 e. The fourth-order valence-electron chi connectivity index (χ4n) is 3.66. The topological polar surface area (TPSA) is 105 Å². The number of hydrogen-bond acceptors (Lipinski definition) is 6. The van der Waals surface area contributed by atoms with E-state index in [9.17, 15) is 19.1 Å². The molecule has 1 aliphatic rings. The van der Waals surface area contributed by atoms with Crippen LogP contribution in [0.4, 0.5) is 10.1 Å². The Bertz CT molecular complexity index is 1160. The number of halogens is 1. The number of aliphatic hydroxyl groups is 1. The second kappa shape index (κ2) is 9.74. The highest BCUT2D eigenvalue weighted by atomic mass is 19.1. The van der Waals surface area contributed by atoms with Gasteiger partial charge in [0.25, 0.3) is 0 Å². The number of anilines is 1. The Balaban J connectivity index is 1.40. The number of ether oxygens (including phenoxy) is 1. The van der Waals surface area contributed by atoms with E-state index in [4.69, 9.17) is 4.74 Å². The van der Waals surface area contributed by atoms with Gasteiger partial charge in [-0.3, -0.25) is 9.59 Å². The standard InChI is InChI=1S/C24H23FN4O4/c1-15-10-11-26-24(27-15)33-19-8-6-17(7-9-19)28-23(32)21-13-18(30)14-29(21)22(31)12-16-4-2-3-5-20(16)25/h2-11,18,21,30H,12-14H2,1H3,(H,28,32). The van der Waals surface area contributed by atoms with Crippen molar-refractivity contribution >= 4 is 17.5 Å². The summed E-state index contributed by atoms with van der Waals surface area (Å²) in [6.07, 6.45) is 0.703. The second-order valence-electron chi connectivity index (χ2n) is 7.82. The molecule has 2 N–H and O–H groups in total. The quantitative estimate of drug-likeness (QED) is 0.599. The molecule has 4 rings (SSSR count). The zero-order valence-corrected chi connectivity index (χ0v) is 17.9. The van der Waals surface area contributed by atoms with Gasteiger partial charge in [-0.1, -0.05) is 18.2 Å². The Morgan fingerprint density at radius 3 is 2.67 bits per heavy atom. The summed E-state index contributed by atoms with van der Waals surface area (Å²) in [6.45, 7) is 1.85. The fourth-order valence-corrected chi connectivity index (χ4v) is 3.66. The maximum Gasteiger partial charge on any atom is 0.322 e. The molecule has 1 aliphatic heterocycles. The zero-order valence-electron chi connectivity index (χ0n) is 17.9. The third kappa shape index (κ3) is 5.50. The molecule has 0 aliphatic carbocycles. The summed E-state index contributed by atoms with van der Waals surface area (Å²) >= 11 is 0. The number of benzene rings is 2. The van der Waals surface area contributed by atoms with Crippen LogP contribution < -0.4 is 10.1 Å². The molecule has 3 aromatic rings. The molecule has 0 saturated carbocycles. The van der Waals surface area contributed by atoms with Crippen molar-refractivity contribution in [1.82, 2.24) is 14.9 Å². The summed E-state index contributed by atoms with van der Waals surface area (Å²) in [6, 6.07) is 13.8. The number of rotatable bonds is 6. The smallest absolute Gasteiger partial charge is 0.322 e. The lowest BCUT2D eigenvalue weighted by molar-refractivity contribution is -0.136. The van der Waals surface area contributed by atoms with Crippen LogP contribution >= 0.6 is 0 Å². The summed E-state index contributed by atoms with van der Waals surface area (Å²) in [5.41, 5.74) is 1.52. The van der Waals surface area contributed by atoms with Crippen LogP contribution in [0.1, 0.15) is 17.7 Å². The highest BCUT2D eigenvalue weighted by molar-refractivity contribution is 5.98. The second-order valence-corrected chi connectivity index (χ2v) is 7.82. The van der Waals surface area contributed by atoms with Crippen molar-refractivity contribution in [3.8, 4) is 11.8 Å². The van der Waals surface area contributed by atoms with Crippen molar-refractivity contribution in [3.05, 3.63) is 77.9 Å². The van der Waals surface area contributed by atoms with Crippen molar-refractivity contribution < 1.29 is 23.8 Å². The minimum Gasteiger partial charge on any atom is -0.424 e. The van der Waals surface area contributed by atoms with Crippen molar-refractivity contribution in [2.45, 2.75) is 31.9 Å². The van der Waals surface area contributed by atoms with Gasteiger partial charge >= 0.3 is 6.01 Å². The number of nitrogens with zero attached hydrogens (tertiary/aromatic N) is 3. The normalized spacial score (nSPS) is 17.6. The first-order valence-electron chi connectivity index (χ1n) is 10.5. The first kappa shape index (κ1) is 22.3. The van der Waals surface area contributed by atoms with Crippen LogP contribution in [0.3, 0.4) is 0 Å². The molecule has 1 fully saturated rings. The van der Waals surface area contributed by atoms with Crippen molar-refractivity contribution in [1.29, 1.82) is 0 Å². The monoisotopic (exact) mass is 450 g/mol. The van der Waals surface area contributed by atoms with E-state index >= 15 is 0 Å². The number of likely N-dealkylation sites (tertiary alicyclic amines) is 1. The van der Waals surface area contributed by atoms with Crippen LogP contribution in [0.25, 0.3) is 0 Å². The van der Waals surface area contributed by atoms with Gasteiger partial charge in [0.15, 0.2) is 0 Å². The Morgan fingerprint density at radius 1 is 1.18 bits per heavy atom. The van der Waals surface area contributed by atoms with E-state index in [0.717, 1.165) is 5.69 Å². The average Bonchev–Trinajstić information content (AvgIpc) is 3.19. The molecule has 0 bridgehead atoms. The number of aromatic nitrogens is 2. The van der Waals surface area contributed by atoms with Crippen LogP contribution in [0.5, 0.6) is 11.8 Å². The predicted octanol–water partition coefficient (Wildman–Crippen LogP) is 2.86. The third-order valence-corrected chi connectivity index (χ3v) is 5.31. The maximum absolute atomic E-state index is 13.9. The number of carbonyl (C=O) groups is 2. The number of hydrogen-bond donors (Lipinski definition) is 2. The van der Waals surface area contributed by atoms with E-state index in [1.54, 1.807) is 48.7 Å². The molecule has 2 atom stereocenters. The zero-order chi connectivity index (χ0) is 23.4. The molecular formula is C24H23FN4O4. The summed E-state index contributed by atoms with van der Waals surface area (Å²) in [5, 5.41) is 12.8. The molecule has 33 heavy (non-hydrogen) atoms. The highest BCUT2D eigenvalue weighted by Crippen LogP contribution is 2.24. The molecule has 2 unspecified atom stereocenters. The molecule has 0 spiro atoms. The molecule has 2 amide bonds. The number of aryl methyl sites for hydroxylation is 1. The molecule has 2 aromatic carbocycles. The first-order valence-corrected chi connectivity index (χ1v) is 10.5. The van der Waals surface area contributed by atoms with Crippen LogP contribution in [0, 0.1) is 12.7 Å². The van der Waals surface area contributed by atoms with Gasteiger partial charge in [-0.2, -0.15) is 0 Å². The van der Waals surface area contributed by atoms with Gasteiger partial charge in [0.2, 0.25) is 11.8 Å². The van der Waals surface area contributed by atoms with Gasteiger partial charge in [-0.25, -0.2) is 14.4 Å². The minimum absolute atomic E-state index is 0.0225. The van der Waals surface area contributed by atoms with Gasteiger partial charge in [0.1, 0.15) is 17.6 Å². The van der Waals surface area contributed by atoms with Gasteiger partial charge in [0, 0.05) is 30.5 Å². The molecule has 0 radical (unpaired) electrons. The van der Waals surface area contributed by atoms with Crippen molar-refractivity contribution in [3.63, 3.8) is 0 Å². The summed E-state index contributed by atoms with van der Waals surface area (Å²) in [5.74, 6) is -0.829. The van der Waals surface area contributed by atoms with Gasteiger partial charge in [0.05, 0.1) is 12.5 Å². The van der Waals surface area contributed by atoms with E-state index in [0.29, 0.717) is 11.4 Å². The molecule has 9 heteroatoms. The van der Waals surface area contributed by atoms with Gasteiger partial charge in [-0.15, -0.1) is 0 Å².